The van der Waals surface area contributed by atoms with Gasteiger partial charge in [-0.05, 0) is 48.4 Å². The fourth-order valence-electron chi connectivity index (χ4n) is 3.27. The molecule has 0 aliphatic heterocycles. The van der Waals surface area contributed by atoms with Crippen LogP contribution in [0.15, 0.2) is 66.7 Å². The van der Waals surface area contributed by atoms with Gasteiger partial charge in [-0.1, -0.05) is 53.5 Å². The van der Waals surface area contributed by atoms with E-state index in [1.165, 1.54) is 30.3 Å². The van der Waals surface area contributed by atoms with Crippen LogP contribution in [0.2, 0.25) is 10.0 Å². The Balaban J connectivity index is 1.60. The average Bonchev–Trinajstić information content (AvgIpc) is 2.83. The number of carbonyl (C=O) groups excluding carboxylic acids is 2. The molecule has 3 rings (SSSR count). The standard InChI is InChI=1S/C26H20Cl2F2N2O3/c27-22-10-8-20(14-19(22)16-31)32-25(34)18-7-9-23(28)21(15-18)26(29,30)11-4-12-35-24(33)13-17-5-2-1-3-6-17/h1-3,5-10,14-15H,4,11-13H2,(H,32,34). The van der Waals surface area contributed by atoms with Gasteiger partial charge in [0.2, 0.25) is 0 Å². The number of hydrogen-bond donors (Lipinski definition) is 1. The molecule has 3 aromatic carbocycles. The molecule has 9 heteroatoms. The number of rotatable bonds is 9. The molecule has 0 fully saturated rings. The minimum absolute atomic E-state index is 0.0354. The van der Waals surface area contributed by atoms with Gasteiger partial charge in [0.05, 0.1) is 23.6 Å². The van der Waals surface area contributed by atoms with Crippen LogP contribution in [0.1, 0.15) is 39.9 Å². The summed E-state index contributed by atoms with van der Waals surface area (Å²) in [4.78, 5) is 24.5. The van der Waals surface area contributed by atoms with E-state index >= 15 is 0 Å². The molecule has 0 aliphatic carbocycles. The highest BCUT2D eigenvalue weighted by Crippen LogP contribution is 2.38. The summed E-state index contributed by atoms with van der Waals surface area (Å²) in [6.45, 7) is -0.170. The molecule has 0 radical (unpaired) electrons. The predicted octanol–water partition coefficient (Wildman–Crippen LogP) is 6.78. The Labute approximate surface area is 211 Å². The average molecular weight is 517 g/mol. The number of halogens is 4. The van der Waals surface area contributed by atoms with Crippen LogP contribution in [0.25, 0.3) is 0 Å². The van der Waals surface area contributed by atoms with Crippen molar-refractivity contribution in [1.29, 1.82) is 5.26 Å². The Morgan fingerprint density at radius 3 is 2.43 bits per heavy atom. The first-order chi connectivity index (χ1) is 16.7. The van der Waals surface area contributed by atoms with Crippen molar-refractivity contribution in [3.8, 4) is 6.07 Å². The molecule has 0 saturated heterocycles. The lowest BCUT2D eigenvalue weighted by Gasteiger charge is -2.19. The van der Waals surface area contributed by atoms with Crippen molar-refractivity contribution in [2.24, 2.45) is 0 Å². The number of benzene rings is 3. The number of nitrogens with one attached hydrogen (secondary N) is 1. The van der Waals surface area contributed by atoms with Gasteiger partial charge < -0.3 is 10.1 Å². The van der Waals surface area contributed by atoms with Crippen LogP contribution in [0, 0.1) is 11.3 Å². The van der Waals surface area contributed by atoms with Crippen molar-refractivity contribution in [2.45, 2.75) is 25.2 Å². The summed E-state index contributed by atoms with van der Waals surface area (Å²) in [5.74, 6) is -4.51. The Hall–Kier alpha value is -3.47. The van der Waals surface area contributed by atoms with Gasteiger partial charge in [-0.3, -0.25) is 9.59 Å². The number of hydrogen-bond acceptors (Lipinski definition) is 4. The number of esters is 1. The maximum atomic E-state index is 14.9. The van der Waals surface area contributed by atoms with Gasteiger partial charge in [0.25, 0.3) is 11.8 Å². The molecule has 0 aromatic heterocycles. The fourth-order valence-corrected chi connectivity index (χ4v) is 3.68. The number of carbonyl (C=O) groups is 2. The smallest absolute Gasteiger partial charge is 0.310 e. The topological polar surface area (TPSA) is 79.2 Å². The molecule has 1 N–H and O–H groups in total. The normalized spacial score (nSPS) is 10.9. The first kappa shape index (κ1) is 26.1. The Morgan fingerprint density at radius 2 is 1.71 bits per heavy atom. The molecule has 0 atom stereocenters. The zero-order valence-corrected chi connectivity index (χ0v) is 19.9. The molecule has 1 amide bonds. The van der Waals surface area contributed by atoms with Gasteiger partial charge in [-0.25, -0.2) is 8.78 Å². The Morgan fingerprint density at radius 1 is 1.00 bits per heavy atom. The van der Waals surface area contributed by atoms with Crippen molar-refractivity contribution >= 4 is 40.8 Å². The monoisotopic (exact) mass is 516 g/mol. The van der Waals surface area contributed by atoms with E-state index in [0.717, 1.165) is 11.6 Å². The minimum atomic E-state index is -3.35. The molecule has 0 unspecified atom stereocenters. The van der Waals surface area contributed by atoms with E-state index < -0.39 is 29.8 Å². The number of amides is 1. The predicted molar refractivity (Wildman–Crippen MR) is 130 cm³/mol. The van der Waals surface area contributed by atoms with Gasteiger partial charge >= 0.3 is 5.97 Å². The number of alkyl halides is 2. The van der Waals surface area contributed by atoms with E-state index in [4.69, 9.17) is 33.2 Å². The van der Waals surface area contributed by atoms with Crippen LogP contribution in [-0.2, 0) is 21.9 Å². The SMILES string of the molecule is N#Cc1cc(NC(=O)c2ccc(Cl)c(C(F)(F)CCCOC(=O)Cc3ccccc3)c2)ccc1Cl. The van der Waals surface area contributed by atoms with Crippen molar-refractivity contribution in [3.63, 3.8) is 0 Å². The van der Waals surface area contributed by atoms with E-state index in [2.05, 4.69) is 5.32 Å². The third-order valence-electron chi connectivity index (χ3n) is 5.06. The molecule has 5 nitrogen and oxygen atoms in total. The summed E-state index contributed by atoms with van der Waals surface area (Å²) in [5, 5.41) is 11.6. The van der Waals surface area contributed by atoms with Gasteiger partial charge in [0.15, 0.2) is 0 Å². The largest absolute Gasteiger partial charge is 0.465 e. The molecule has 0 heterocycles. The van der Waals surface area contributed by atoms with Crippen LogP contribution in [0.5, 0.6) is 0 Å². The fraction of sp³-hybridized carbons (Fsp3) is 0.192. The van der Waals surface area contributed by atoms with E-state index in [0.29, 0.717) is 0 Å². The molecule has 0 aliphatic rings. The van der Waals surface area contributed by atoms with Crippen LogP contribution in [0.3, 0.4) is 0 Å². The lowest BCUT2D eigenvalue weighted by Crippen LogP contribution is -2.18. The van der Waals surface area contributed by atoms with Gasteiger partial charge in [0.1, 0.15) is 6.07 Å². The second-order valence-electron chi connectivity index (χ2n) is 7.65. The van der Waals surface area contributed by atoms with Crippen LogP contribution >= 0.6 is 23.2 Å². The summed E-state index contributed by atoms with van der Waals surface area (Å²) in [7, 11) is 0. The first-order valence-corrected chi connectivity index (χ1v) is 11.3. The van der Waals surface area contributed by atoms with E-state index in [1.54, 1.807) is 24.3 Å². The summed E-state index contributed by atoms with van der Waals surface area (Å²) >= 11 is 11.9. The highest BCUT2D eigenvalue weighted by molar-refractivity contribution is 6.32. The second-order valence-corrected chi connectivity index (χ2v) is 8.46. The summed E-state index contributed by atoms with van der Waals surface area (Å²) < 4.78 is 34.8. The number of anilines is 1. The van der Waals surface area contributed by atoms with Crippen molar-refractivity contribution < 1.29 is 23.1 Å². The molecule has 35 heavy (non-hydrogen) atoms. The van der Waals surface area contributed by atoms with E-state index in [9.17, 15) is 18.4 Å². The maximum absolute atomic E-state index is 14.9. The first-order valence-electron chi connectivity index (χ1n) is 10.6. The lowest BCUT2D eigenvalue weighted by atomic mass is 10.0. The highest BCUT2D eigenvalue weighted by Gasteiger charge is 2.34. The van der Waals surface area contributed by atoms with E-state index in [-0.39, 0.29) is 46.3 Å². The van der Waals surface area contributed by atoms with E-state index in [1.807, 2.05) is 12.1 Å². The summed E-state index contributed by atoms with van der Waals surface area (Å²) in [6, 6.07) is 18.7. The summed E-state index contributed by atoms with van der Waals surface area (Å²) in [6.07, 6.45) is -0.662. The zero-order valence-electron chi connectivity index (χ0n) is 18.4. The molecule has 3 aromatic rings. The van der Waals surface area contributed by atoms with Gasteiger partial charge in [-0.15, -0.1) is 0 Å². The number of nitrogens with zero attached hydrogens (tertiary/aromatic N) is 1. The van der Waals surface area contributed by atoms with Crippen LogP contribution in [-0.4, -0.2) is 18.5 Å². The third-order valence-corrected chi connectivity index (χ3v) is 5.72. The Kier molecular flexibility index (Phi) is 8.80. The lowest BCUT2D eigenvalue weighted by molar-refractivity contribution is -0.143. The van der Waals surface area contributed by atoms with Gasteiger partial charge in [0, 0.05) is 28.3 Å². The van der Waals surface area contributed by atoms with Gasteiger partial charge in [-0.2, -0.15) is 5.26 Å². The highest BCUT2D eigenvalue weighted by atomic mass is 35.5. The minimum Gasteiger partial charge on any atom is -0.465 e. The van der Waals surface area contributed by atoms with Crippen LogP contribution < -0.4 is 5.32 Å². The second kappa shape index (κ2) is 11.8. The molecule has 0 saturated carbocycles. The zero-order chi connectivity index (χ0) is 25.4. The molecular weight excluding hydrogens is 497 g/mol. The molecular formula is C26H20Cl2F2N2O3. The summed E-state index contributed by atoms with van der Waals surface area (Å²) in [5.41, 5.74) is 0.684. The number of ether oxygens (including phenoxy) is 1. The van der Waals surface area contributed by atoms with Crippen molar-refractivity contribution in [1.82, 2.24) is 0 Å². The molecule has 180 valence electrons. The van der Waals surface area contributed by atoms with Crippen LogP contribution in [0.4, 0.5) is 14.5 Å². The van der Waals surface area contributed by atoms with Crippen molar-refractivity contribution in [3.05, 3.63) is 99.0 Å². The third kappa shape index (κ3) is 7.25. The molecule has 0 bridgehead atoms. The quantitative estimate of drug-likeness (QED) is 0.251. The maximum Gasteiger partial charge on any atom is 0.310 e. The van der Waals surface area contributed by atoms with Crippen molar-refractivity contribution in [2.75, 3.05) is 11.9 Å². The number of nitriles is 1. The molecule has 0 spiro atoms. The Bertz CT molecular complexity index is 1260.